The minimum atomic E-state index is -0.0327. The van der Waals surface area contributed by atoms with Gasteiger partial charge in [0.2, 0.25) is 5.91 Å². The molecule has 29 heavy (non-hydrogen) atoms. The van der Waals surface area contributed by atoms with Gasteiger partial charge in [-0.15, -0.1) is 0 Å². The van der Waals surface area contributed by atoms with Gasteiger partial charge in [0.15, 0.2) is 0 Å². The van der Waals surface area contributed by atoms with Crippen molar-refractivity contribution in [2.24, 2.45) is 0 Å². The summed E-state index contributed by atoms with van der Waals surface area (Å²) in [6.07, 6.45) is 0. The van der Waals surface area contributed by atoms with Gasteiger partial charge < -0.3 is 15.3 Å². The molecule has 0 radical (unpaired) electrons. The van der Waals surface area contributed by atoms with E-state index in [0.29, 0.717) is 12.3 Å². The number of aromatic hydroxyl groups is 1. The third kappa shape index (κ3) is 4.51. The molecule has 0 saturated carbocycles. The number of piperazine rings is 1. The van der Waals surface area contributed by atoms with Crippen LogP contribution in [0.25, 0.3) is 10.8 Å². The largest absolute Gasteiger partial charge is 0.506 e. The highest BCUT2D eigenvalue weighted by molar-refractivity contribution is 5.83. The first-order valence-corrected chi connectivity index (χ1v) is 10.1. The van der Waals surface area contributed by atoms with E-state index < -0.39 is 0 Å². The number of amides is 1. The Labute approximate surface area is 171 Å². The number of hydrogen-bond donors (Lipinski definition) is 2. The van der Waals surface area contributed by atoms with E-state index in [9.17, 15) is 9.90 Å². The Balaban J connectivity index is 1.30. The van der Waals surface area contributed by atoms with Crippen LogP contribution < -0.4 is 10.2 Å². The lowest BCUT2D eigenvalue weighted by Gasteiger charge is -2.36. The van der Waals surface area contributed by atoms with Crippen LogP contribution >= 0.6 is 0 Å². The summed E-state index contributed by atoms with van der Waals surface area (Å²) in [7, 11) is 0. The number of carbonyl (C=O) groups is 1. The first-order valence-electron chi connectivity index (χ1n) is 10.1. The lowest BCUT2D eigenvalue weighted by molar-refractivity contribution is -0.123. The number of nitrogens with zero attached hydrogens (tertiary/aromatic N) is 2. The summed E-state index contributed by atoms with van der Waals surface area (Å²) in [5.41, 5.74) is 1.97. The predicted molar refractivity (Wildman–Crippen MR) is 117 cm³/mol. The molecule has 1 atom stereocenters. The zero-order valence-electron chi connectivity index (χ0n) is 16.7. The average Bonchev–Trinajstić information content (AvgIpc) is 2.74. The molecule has 1 aliphatic heterocycles. The van der Waals surface area contributed by atoms with Gasteiger partial charge in [0.25, 0.3) is 0 Å². The first kappa shape index (κ1) is 19.3. The molecule has 5 nitrogen and oxygen atoms in total. The Morgan fingerprint density at radius 2 is 1.66 bits per heavy atom. The molecule has 2 N–H and O–H groups in total. The number of nitrogens with one attached hydrogen (secondary N) is 1. The van der Waals surface area contributed by atoms with Crippen molar-refractivity contribution in [1.29, 1.82) is 0 Å². The highest BCUT2D eigenvalue weighted by Gasteiger charge is 2.21. The van der Waals surface area contributed by atoms with Gasteiger partial charge in [0.05, 0.1) is 18.3 Å². The highest BCUT2D eigenvalue weighted by atomic mass is 16.3. The smallest absolute Gasteiger partial charge is 0.234 e. The molecule has 1 unspecified atom stereocenters. The van der Waals surface area contributed by atoms with Crippen LogP contribution in [0.2, 0.25) is 0 Å². The van der Waals surface area contributed by atoms with Gasteiger partial charge in [0.1, 0.15) is 5.75 Å². The summed E-state index contributed by atoms with van der Waals surface area (Å²) >= 11 is 0. The zero-order chi connectivity index (χ0) is 20.2. The van der Waals surface area contributed by atoms with Gasteiger partial charge in [-0.3, -0.25) is 9.69 Å². The van der Waals surface area contributed by atoms with E-state index in [-0.39, 0.29) is 11.9 Å². The molecular formula is C24H27N3O2. The molecular weight excluding hydrogens is 362 g/mol. The van der Waals surface area contributed by atoms with Gasteiger partial charge >= 0.3 is 0 Å². The van der Waals surface area contributed by atoms with Crippen molar-refractivity contribution in [3.05, 3.63) is 72.3 Å². The number of fused-ring (bicyclic) bond motifs is 1. The predicted octanol–water partition coefficient (Wildman–Crippen LogP) is 3.54. The summed E-state index contributed by atoms with van der Waals surface area (Å²) in [5, 5.41) is 15.5. The van der Waals surface area contributed by atoms with Gasteiger partial charge in [-0.05, 0) is 41.5 Å². The van der Waals surface area contributed by atoms with Crippen molar-refractivity contribution >= 4 is 22.4 Å². The van der Waals surface area contributed by atoms with Crippen LogP contribution in [0.5, 0.6) is 5.75 Å². The standard InChI is InChI=1S/C24H27N3O2/c1-18(20-11-10-19-6-2-3-7-21(19)16-20)25-24(29)17-26-12-14-27(15-13-26)22-8-4-5-9-23(22)28/h2-11,16,18,28H,12-15,17H2,1H3,(H,25,29). The van der Waals surface area contributed by atoms with Gasteiger partial charge in [-0.25, -0.2) is 0 Å². The number of para-hydroxylation sites is 2. The summed E-state index contributed by atoms with van der Waals surface area (Å²) < 4.78 is 0. The van der Waals surface area contributed by atoms with Crippen molar-refractivity contribution < 1.29 is 9.90 Å². The molecule has 4 rings (SSSR count). The normalized spacial score (nSPS) is 16.0. The Morgan fingerprint density at radius 1 is 0.966 bits per heavy atom. The van der Waals surface area contributed by atoms with Crippen LogP contribution in [0.1, 0.15) is 18.5 Å². The van der Waals surface area contributed by atoms with Crippen LogP contribution in [0.3, 0.4) is 0 Å². The van der Waals surface area contributed by atoms with Crippen LogP contribution in [-0.4, -0.2) is 48.6 Å². The van der Waals surface area contributed by atoms with Crippen molar-refractivity contribution in [3.63, 3.8) is 0 Å². The van der Waals surface area contributed by atoms with E-state index in [4.69, 9.17) is 0 Å². The van der Waals surface area contributed by atoms with E-state index in [1.165, 1.54) is 10.8 Å². The molecule has 1 saturated heterocycles. The van der Waals surface area contributed by atoms with Crippen molar-refractivity contribution in [2.75, 3.05) is 37.6 Å². The number of hydrogen-bond acceptors (Lipinski definition) is 4. The minimum absolute atomic E-state index is 0.0327. The molecule has 150 valence electrons. The number of carbonyl (C=O) groups excluding carboxylic acids is 1. The second-order valence-corrected chi connectivity index (χ2v) is 7.65. The Kier molecular flexibility index (Phi) is 5.67. The van der Waals surface area contributed by atoms with E-state index in [0.717, 1.165) is 37.4 Å². The molecule has 1 amide bonds. The summed E-state index contributed by atoms with van der Waals surface area (Å²) in [4.78, 5) is 16.9. The Hall–Kier alpha value is -3.05. The summed E-state index contributed by atoms with van der Waals surface area (Å²) in [6.45, 7) is 5.61. The van der Waals surface area contributed by atoms with Gasteiger partial charge in [-0.1, -0.05) is 48.5 Å². The van der Waals surface area contributed by atoms with Gasteiger partial charge in [-0.2, -0.15) is 0 Å². The van der Waals surface area contributed by atoms with E-state index in [1.54, 1.807) is 6.07 Å². The molecule has 1 fully saturated rings. The Morgan fingerprint density at radius 3 is 2.41 bits per heavy atom. The lowest BCUT2D eigenvalue weighted by Crippen LogP contribution is -2.49. The second-order valence-electron chi connectivity index (χ2n) is 7.65. The van der Waals surface area contributed by atoms with Crippen LogP contribution in [-0.2, 0) is 4.79 Å². The minimum Gasteiger partial charge on any atom is -0.506 e. The maximum atomic E-state index is 12.6. The summed E-state index contributed by atoms with van der Waals surface area (Å²) in [5.74, 6) is 0.351. The van der Waals surface area contributed by atoms with Crippen LogP contribution in [0, 0.1) is 0 Å². The van der Waals surface area contributed by atoms with Crippen LogP contribution in [0.15, 0.2) is 66.7 Å². The zero-order valence-corrected chi connectivity index (χ0v) is 16.7. The van der Waals surface area contributed by atoms with Crippen molar-refractivity contribution in [3.8, 4) is 5.75 Å². The topological polar surface area (TPSA) is 55.8 Å². The third-order valence-electron chi connectivity index (χ3n) is 5.61. The SMILES string of the molecule is CC(NC(=O)CN1CCN(c2ccccc2O)CC1)c1ccc2ccccc2c1. The van der Waals surface area contributed by atoms with E-state index >= 15 is 0 Å². The van der Waals surface area contributed by atoms with E-state index in [2.05, 4.69) is 45.4 Å². The second kappa shape index (κ2) is 8.53. The van der Waals surface area contributed by atoms with Crippen molar-refractivity contribution in [2.45, 2.75) is 13.0 Å². The molecule has 5 heteroatoms. The fraction of sp³-hybridized carbons (Fsp3) is 0.292. The molecule has 1 heterocycles. The van der Waals surface area contributed by atoms with E-state index in [1.807, 2.05) is 37.3 Å². The molecule has 3 aromatic carbocycles. The molecule has 0 aliphatic carbocycles. The Bertz CT molecular complexity index is 996. The molecule has 0 spiro atoms. The molecule has 0 bridgehead atoms. The number of rotatable bonds is 5. The molecule has 0 aromatic heterocycles. The number of phenolic OH excluding ortho intramolecular Hbond substituents is 1. The number of phenols is 1. The fourth-order valence-corrected chi connectivity index (χ4v) is 3.93. The highest BCUT2D eigenvalue weighted by Crippen LogP contribution is 2.27. The monoisotopic (exact) mass is 389 g/mol. The molecule has 1 aliphatic rings. The average molecular weight is 389 g/mol. The number of anilines is 1. The summed E-state index contributed by atoms with van der Waals surface area (Å²) in [6, 6.07) is 22.0. The molecule has 3 aromatic rings. The third-order valence-corrected chi connectivity index (χ3v) is 5.61. The maximum absolute atomic E-state index is 12.6. The number of benzene rings is 3. The maximum Gasteiger partial charge on any atom is 0.234 e. The lowest BCUT2D eigenvalue weighted by atomic mass is 10.0. The van der Waals surface area contributed by atoms with Crippen LogP contribution in [0.4, 0.5) is 5.69 Å². The first-order chi connectivity index (χ1) is 14.1. The van der Waals surface area contributed by atoms with Crippen molar-refractivity contribution in [1.82, 2.24) is 10.2 Å². The fourth-order valence-electron chi connectivity index (χ4n) is 3.93. The van der Waals surface area contributed by atoms with Gasteiger partial charge in [0, 0.05) is 26.2 Å². The quantitative estimate of drug-likeness (QED) is 0.701.